The number of anilines is 4. The Labute approximate surface area is 211 Å². The molecular weight excluding hydrogens is 469 g/mol. The molecule has 196 valence electrons. The van der Waals surface area contributed by atoms with Gasteiger partial charge in [-0.1, -0.05) is 38.6 Å². The summed E-state index contributed by atoms with van der Waals surface area (Å²) in [6, 6.07) is 7.49. The second-order valence-corrected chi connectivity index (χ2v) is 7.78. The third-order valence-electron chi connectivity index (χ3n) is 5.27. The molecule has 0 bridgehead atoms. The van der Waals surface area contributed by atoms with Crippen LogP contribution in [0.15, 0.2) is 67.1 Å². The van der Waals surface area contributed by atoms with Crippen molar-refractivity contribution >= 4 is 23.3 Å². The first-order chi connectivity index (χ1) is 17.2. The molecule has 0 unspecified atom stereocenters. The van der Waals surface area contributed by atoms with E-state index in [0.717, 1.165) is 6.07 Å². The van der Waals surface area contributed by atoms with Crippen LogP contribution >= 0.6 is 0 Å². The van der Waals surface area contributed by atoms with Gasteiger partial charge in [-0.2, -0.15) is 23.1 Å². The molecule has 0 radical (unpaired) electrons. The molecule has 3 rings (SSSR count). The molecule has 1 fully saturated rings. The fraction of sp³-hybridized carbons (Fsp3) is 0.385. The van der Waals surface area contributed by atoms with Gasteiger partial charge in [0.05, 0.1) is 12.7 Å². The molecule has 36 heavy (non-hydrogen) atoms. The summed E-state index contributed by atoms with van der Waals surface area (Å²) in [7, 11) is 5.33. The Morgan fingerprint density at radius 1 is 1.08 bits per heavy atom. The standard InChI is InChI=1S/C24H29F3N6O.C2H6/c1-5-8-18(34-4)11-12-28-21-17-22(31(2)3)30-23(29-21)33-15-13-32(14-16-33)20-10-7-6-9-19(20)24(25,26)27;1-2/h5-12,17H,1,13-16H2,2-4H3,(H,28,29,30);1-2H3/b12-11+,18-8+;. The van der Waals surface area contributed by atoms with Gasteiger partial charge < -0.3 is 24.8 Å². The highest BCUT2D eigenvalue weighted by atomic mass is 19.4. The summed E-state index contributed by atoms with van der Waals surface area (Å²) in [5.74, 6) is 2.43. The summed E-state index contributed by atoms with van der Waals surface area (Å²) in [6.07, 6.45) is 2.41. The normalized spacial score (nSPS) is 14.3. The van der Waals surface area contributed by atoms with Crippen molar-refractivity contribution in [2.75, 3.05) is 67.4 Å². The predicted octanol–water partition coefficient (Wildman–Crippen LogP) is 5.56. The van der Waals surface area contributed by atoms with Crippen LogP contribution < -0.4 is 20.0 Å². The van der Waals surface area contributed by atoms with Gasteiger partial charge in [0.1, 0.15) is 17.4 Å². The average molecular weight is 505 g/mol. The molecule has 1 aliphatic rings. The van der Waals surface area contributed by atoms with Gasteiger partial charge in [-0.05, 0) is 24.3 Å². The van der Waals surface area contributed by atoms with Crippen molar-refractivity contribution in [1.29, 1.82) is 0 Å². The molecule has 1 saturated heterocycles. The van der Waals surface area contributed by atoms with Gasteiger partial charge in [0.25, 0.3) is 0 Å². The molecular formula is C26H35F3N6O. The summed E-state index contributed by atoms with van der Waals surface area (Å²) in [5.41, 5.74) is -0.417. The number of para-hydroxylation sites is 1. The largest absolute Gasteiger partial charge is 0.497 e. The maximum atomic E-state index is 13.4. The Kier molecular flexibility index (Phi) is 10.6. The number of benzene rings is 1. The second kappa shape index (κ2) is 13.4. The van der Waals surface area contributed by atoms with Crippen LogP contribution in [0.3, 0.4) is 0 Å². The Morgan fingerprint density at radius 2 is 1.72 bits per heavy atom. The smallest absolute Gasteiger partial charge is 0.418 e. The monoisotopic (exact) mass is 504 g/mol. The fourth-order valence-corrected chi connectivity index (χ4v) is 3.52. The maximum absolute atomic E-state index is 13.4. The lowest BCUT2D eigenvalue weighted by atomic mass is 10.1. The molecule has 1 aliphatic heterocycles. The zero-order chi connectivity index (χ0) is 26.7. The van der Waals surface area contributed by atoms with Crippen LogP contribution in [0.2, 0.25) is 0 Å². The second-order valence-electron chi connectivity index (χ2n) is 7.78. The summed E-state index contributed by atoms with van der Waals surface area (Å²) >= 11 is 0. The molecule has 2 heterocycles. The van der Waals surface area contributed by atoms with Crippen molar-refractivity contribution in [2.24, 2.45) is 0 Å². The minimum atomic E-state index is -4.39. The molecule has 1 aromatic heterocycles. The van der Waals surface area contributed by atoms with E-state index in [-0.39, 0.29) is 5.69 Å². The maximum Gasteiger partial charge on any atom is 0.418 e. The number of allylic oxidation sites excluding steroid dienone is 3. The zero-order valence-electron chi connectivity index (χ0n) is 21.5. The van der Waals surface area contributed by atoms with E-state index in [2.05, 4.69) is 21.9 Å². The lowest BCUT2D eigenvalue weighted by Gasteiger charge is -2.37. The molecule has 1 N–H and O–H groups in total. The lowest BCUT2D eigenvalue weighted by Crippen LogP contribution is -2.47. The highest BCUT2D eigenvalue weighted by Gasteiger charge is 2.35. The number of nitrogens with one attached hydrogen (secondary N) is 1. The topological polar surface area (TPSA) is 56.8 Å². The number of piperazine rings is 1. The van der Waals surface area contributed by atoms with Crippen LogP contribution in [-0.4, -0.2) is 57.4 Å². The Bertz CT molecular complexity index is 1040. The highest BCUT2D eigenvalue weighted by molar-refractivity contribution is 5.58. The summed E-state index contributed by atoms with van der Waals surface area (Å²) in [6.45, 7) is 9.49. The van der Waals surface area contributed by atoms with E-state index in [1.165, 1.54) is 12.1 Å². The number of rotatable bonds is 8. The summed E-state index contributed by atoms with van der Waals surface area (Å²) < 4.78 is 45.5. The predicted molar refractivity (Wildman–Crippen MR) is 142 cm³/mol. The van der Waals surface area contributed by atoms with Gasteiger partial charge in [0.15, 0.2) is 0 Å². The molecule has 10 heteroatoms. The molecule has 0 amide bonds. The van der Waals surface area contributed by atoms with Crippen molar-refractivity contribution in [1.82, 2.24) is 9.97 Å². The van der Waals surface area contributed by atoms with Gasteiger partial charge >= 0.3 is 6.18 Å². The Morgan fingerprint density at radius 3 is 2.31 bits per heavy atom. The molecule has 0 spiro atoms. The van der Waals surface area contributed by atoms with Gasteiger partial charge in [0.2, 0.25) is 5.95 Å². The van der Waals surface area contributed by atoms with Gasteiger partial charge in [-0.25, -0.2) is 0 Å². The van der Waals surface area contributed by atoms with E-state index >= 15 is 0 Å². The Hall–Kier alpha value is -3.69. The number of ether oxygens (including phenoxy) is 1. The van der Waals surface area contributed by atoms with Gasteiger partial charge in [0, 0.05) is 58.2 Å². The molecule has 0 aliphatic carbocycles. The molecule has 1 aromatic carbocycles. The fourth-order valence-electron chi connectivity index (χ4n) is 3.52. The van der Waals surface area contributed by atoms with Crippen molar-refractivity contribution in [2.45, 2.75) is 20.0 Å². The molecule has 2 aromatic rings. The van der Waals surface area contributed by atoms with Crippen LogP contribution in [0.5, 0.6) is 0 Å². The lowest BCUT2D eigenvalue weighted by molar-refractivity contribution is -0.137. The quantitative estimate of drug-likeness (QED) is 0.373. The van der Waals surface area contributed by atoms with Crippen molar-refractivity contribution < 1.29 is 17.9 Å². The highest BCUT2D eigenvalue weighted by Crippen LogP contribution is 2.36. The first-order valence-electron chi connectivity index (χ1n) is 11.7. The third kappa shape index (κ3) is 7.66. The number of nitrogens with zero attached hydrogens (tertiary/aromatic N) is 5. The molecule has 7 nitrogen and oxygen atoms in total. The third-order valence-corrected chi connectivity index (χ3v) is 5.27. The van der Waals surface area contributed by atoms with E-state index in [1.807, 2.05) is 43.8 Å². The number of aromatic nitrogens is 2. The number of hydrogen-bond donors (Lipinski definition) is 1. The summed E-state index contributed by atoms with van der Waals surface area (Å²) in [5, 5.41) is 3.13. The van der Waals surface area contributed by atoms with Crippen LogP contribution in [0, 0.1) is 0 Å². The molecule has 0 saturated carbocycles. The van der Waals surface area contributed by atoms with Crippen molar-refractivity contribution in [3.05, 3.63) is 72.7 Å². The number of alkyl halides is 3. The minimum Gasteiger partial charge on any atom is -0.497 e. The van der Waals surface area contributed by atoms with E-state index in [9.17, 15) is 13.2 Å². The van der Waals surface area contributed by atoms with Crippen LogP contribution in [0.25, 0.3) is 0 Å². The van der Waals surface area contributed by atoms with Gasteiger partial charge in [-0.15, -0.1) is 0 Å². The van der Waals surface area contributed by atoms with E-state index < -0.39 is 11.7 Å². The van der Waals surface area contributed by atoms with Crippen LogP contribution in [0.1, 0.15) is 19.4 Å². The van der Waals surface area contributed by atoms with Crippen molar-refractivity contribution in [3.63, 3.8) is 0 Å². The first kappa shape index (κ1) is 28.5. The number of methoxy groups -OCH3 is 1. The minimum absolute atomic E-state index is 0.201. The van der Waals surface area contributed by atoms with Crippen LogP contribution in [-0.2, 0) is 10.9 Å². The molecule has 0 atom stereocenters. The zero-order valence-corrected chi connectivity index (χ0v) is 21.5. The van der Waals surface area contributed by atoms with E-state index in [1.54, 1.807) is 42.5 Å². The van der Waals surface area contributed by atoms with Crippen LogP contribution in [0.4, 0.5) is 36.4 Å². The average Bonchev–Trinajstić information content (AvgIpc) is 2.88. The van der Waals surface area contributed by atoms with Gasteiger partial charge in [-0.3, -0.25) is 0 Å². The SMILES string of the molecule is C=C/C=C(\C=C\Nc1cc(N(C)C)nc(N2CCN(c3ccccc3C(F)(F)F)CC2)n1)OC.CC. The van der Waals surface area contributed by atoms with E-state index in [0.29, 0.717) is 49.5 Å². The first-order valence-corrected chi connectivity index (χ1v) is 11.7. The Balaban J connectivity index is 0.00000222. The number of halogens is 3. The number of hydrogen-bond acceptors (Lipinski definition) is 7. The van der Waals surface area contributed by atoms with E-state index in [4.69, 9.17) is 4.74 Å². The summed E-state index contributed by atoms with van der Waals surface area (Å²) in [4.78, 5) is 14.8. The van der Waals surface area contributed by atoms with Crippen molar-refractivity contribution in [3.8, 4) is 0 Å².